The molecule has 0 atom stereocenters. The summed E-state index contributed by atoms with van der Waals surface area (Å²) in [5.74, 6) is 2.10. The van der Waals surface area contributed by atoms with E-state index in [-0.39, 0.29) is 5.91 Å². The van der Waals surface area contributed by atoms with Crippen LogP contribution in [-0.4, -0.2) is 30.6 Å². The van der Waals surface area contributed by atoms with Crippen LogP contribution in [0.3, 0.4) is 0 Å². The number of carbonyl (C=O) groups is 1. The van der Waals surface area contributed by atoms with Crippen LogP contribution >= 0.6 is 0 Å². The summed E-state index contributed by atoms with van der Waals surface area (Å²) in [6.07, 6.45) is 7.19. The van der Waals surface area contributed by atoms with Crippen LogP contribution in [0.2, 0.25) is 0 Å². The fourth-order valence-corrected chi connectivity index (χ4v) is 4.13. The molecule has 4 rings (SSSR count). The SMILES string of the molecule is N#Cc1ccc(NCC2CCC(CNC(=O)c3ccc4c(c3)CCO4)CC2)cn1. The van der Waals surface area contributed by atoms with E-state index in [4.69, 9.17) is 10.00 Å². The molecule has 1 aromatic heterocycles. The predicted octanol–water partition coefficient (Wildman–Crippen LogP) is 3.54. The Balaban J connectivity index is 1.18. The lowest BCUT2D eigenvalue weighted by Crippen LogP contribution is -2.32. The number of nitrogens with zero attached hydrogens (tertiary/aromatic N) is 2. The first kappa shape index (κ1) is 19.3. The number of aromatic nitrogens is 1. The molecule has 29 heavy (non-hydrogen) atoms. The largest absolute Gasteiger partial charge is 0.493 e. The van der Waals surface area contributed by atoms with Crippen LogP contribution in [0, 0.1) is 23.2 Å². The first-order valence-corrected chi connectivity index (χ1v) is 10.3. The van der Waals surface area contributed by atoms with E-state index in [0.29, 0.717) is 24.1 Å². The van der Waals surface area contributed by atoms with Gasteiger partial charge in [0, 0.05) is 25.1 Å². The van der Waals surface area contributed by atoms with E-state index < -0.39 is 0 Å². The molecular weight excluding hydrogens is 364 g/mol. The summed E-state index contributed by atoms with van der Waals surface area (Å²) in [5.41, 5.74) is 3.25. The summed E-state index contributed by atoms with van der Waals surface area (Å²) in [5, 5.41) is 15.3. The van der Waals surface area contributed by atoms with Crippen LogP contribution in [0.5, 0.6) is 5.75 Å². The zero-order chi connectivity index (χ0) is 20.1. The van der Waals surface area contributed by atoms with Crippen LogP contribution < -0.4 is 15.4 Å². The van der Waals surface area contributed by atoms with Gasteiger partial charge in [-0.2, -0.15) is 5.26 Å². The summed E-state index contributed by atoms with van der Waals surface area (Å²) in [7, 11) is 0. The number of benzene rings is 1. The lowest BCUT2D eigenvalue weighted by molar-refractivity contribution is 0.0941. The monoisotopic (exact) mass is 390 g/mol. The molecule has 2 aliphatic rings. The molecule has 1 fully saturated rings. The Labute approximate surface area is 171 Å². The Bertz CT molecular complexity index is 896. The molecule has 2 heterocycles. The van der Waals surface area contributed by atoms with Crippen molar-refractivity contribution in [2.45, 2.75) is 32.1 Å². The summed E-state index contributed by atoms with van der Waals surface area (Å²) in [4.78, 5) is 16.6. The van der Waals surface area contributed by atoms with Crippen LogP contribution in [0.1, 0.15) is 47.3 Å². The third kappa shape index (κ3) is 4.86. The molecule has 1 aromatic carbocycles. The third-order valence-electron chi connectivity index (χ3n) is 5.94. The van der Waals surface area contributed by atoms with E-state index in [2.05, 4.69) is 15.6 Å². The van der Waals surface area contributed by atoms with Crippen molar-refractivity contribution in [2.75, 3.05) is 25.0 Å². The zero-order valence-corrected chi connectivity index (χ0v) is 16.5. The number of ether oxygens (including phenoxy) is 1. The highest BCUT2D eigenvalue weighted by atomic mass is 16.5. The number of hydrogen-bond donors (Lipinski definition) is 2. The number of carbonyl (C=O) groups excluding carboxylic acids is 1. The van der Waals surface area contributed by atoms with E-state index in [1.807, 2.05) is 30.3 Å². The lowest BCUT2D eigenvalue weighted by Gasteiger charge is -2.29. The van der Waals surface area contributed by atoms with Gasteiger partial charge in [-0.15, -0.1) is 0 Å². The summed E-state index contributed by atoms with van der Waals surface area (Å²) in [6, 6.07) is 11.4. The van der Waals surface area contributed by atoms with Gasteiger partial charge in [0.05, 0.1) is 18.5 Å². The number of nitriles is 1. The van der Waals surface area contributed by atoms with Gasteiger partial charge in [-0.25, -0.2) is 4.98 Å². The van der Waals surface area contributed by atoms with Gasteiger partial charge in [-0.3, -0.25) is 4.79 Å². The Morgan fingerprint density at radius 3 is 2.66 bits per heavy atom. The van der Waals surface area contributed by atoms with Crippen molar-refractivity contribution in [3.8, 4) is 11.8 Å². The fraction of sp³-hybridized carbons (Fsp3) is 0.435. The molecule has 0 bridgehead atoms. The quantitative estimate of drug-likeness (QED) is 0.788. The minimum Gasteiger partial charge on any atom is -0.493 e. The second-order valence-electron chi connectivity index (χ2n) is 7.94. The van der Waals surface area contributed by atoms with Crippen molar-refractivity contribution < 1.29 is 9.53 Å². The van der Waals surface area contributed by atoms with Gasteiger partial charge in [0.15, 0.2) is 0 Å². The average molecular weight is 390 g/mol. The first-order valence-electron chi connectivity index (χ1n) is 10.3. The van der Waals surface area contributed by atoms with Crippen molar-refractivity contribution in [1.82, 2.24) is 10.3 Å². The first-order chi connectivity index (χ1) is 14.2. The highest BCUT2D eigenvalue weighted by molar-refractivity contribution is 5.94. The number of anilines is 1. The Morgan fingerprint density at radius 2 is 1.93 bits per heavy atom. The molecule has 6 heteroatoms. The van der Waals surface area contributed by atoms with Crippen molar-refractivity contribution in [2.24, 2.45) is 11.8 Å². The van der Waals surface area contributed by atoms with Crippen LogP contribution in [0.15, 0.2) is 36.5 Å². The van der Waals surface area contributed by atoms with E-state index in [0.717, 1.165) is 67.8 Å². The number of nitrogens with one attached hydrogen (secondary N) is 2. The fourth-order valence-electron chi connectivity index (χ4n) is 4.13. The van der Waals surface area contributed by atoms with Gasteiger partial charge in [-0.05, 0) is 73.4 Å². The zero-order valence-electron chi connectivity index (χ0n) is 16.5. The van der Waals surface area contributed by atoms with Gasteiger partial charge in [-0.1, -0.05) is 0 Å². The topological polar surface area (TPSA) is 87.0 Å². The third-order valence-corrected chi connectivity index (χ3v) is 5.94. The van der Waals surface area contributed by atoms with Crippen LogP contribution in [0.4, 0.5) is 5.69 Å². The van der Waals surface area contributed by atoms with E-state index in [1.165, 1.54) is 0 Å². The number of pyridine rings is 1. The number of fused-ring (bicyclic) bond motifs is 1. The normalized spacial score (nSPS) is 20.2. The molecule has 150 valence electrons. The van der Waals surface area contributed by atoms with Crippen LogP contribution in [0.25, 0.3) is 0 Å². The molecule has 6 nitrogen and oxygen atoms in total. The Kier molecular flexibility index (Phi) is 5.95. The maximum Gasteiger partial charge on any atom is 0.251 e. The van der Waals surface area contributed by atoms with E-state index in [1.54, 1.807) is 12.3 Å². The minimum absolute atomic E-state index is 0.0109. The molecule has 0 unspecified atom stereocenters. The summed E-state index contributed by atoms with van der Waals surface area (Å²) >= 11 is 0. The van der Waals surface area contributed by atoms with E-state index >= 15 is 0 Å². The van der Waals surface area contributed by atoms with E-state index in [9.17, 15) is 4.79 Å². The second-order valence-corrected chi connectivity index (χ2v) is 7.94. The molecule has 0 saturated heterocycles. The lowest BCUT2D eigenvalue weighted by atomic mass is 9.82. The molecule has 2 N–H and O–H groups in total. The smallest absolute Gasteiger partial charge is 0.251 e. The molecule has 1 aliphatic heterocycles. The van der Waals surface area contributed by atoms with Gasteiger partial charge in [0.1, 0.15) is 17.5 Å². The highest BCUT2D eigenvalue weighted by Crippen LogP contribution is 2.29. The standard InChI is InChI=1S/C23H26N4O2/c24-12-20-6-7-21(15-26-20)25-13-16-1-3-17(4-2-16)14-27-23(28)19-5-8-22-18(11-19)9-10-29-22/h5-8,11,15-17,25H,1-4,9-10,13-14H2,(H,27,28). The van der Waals surface area contributed by atoms with Gasteiger partial charge >= 0.3 is 0 Å². The van der Waals surface area contributed by atoms with Crippen LogP contribution in [-0.2, 0) is 6.42 Å². The maximum atomic E-state index is 12.5. The van der Waals surface area contributed by atoms with Crippen molar-refractivity contribution >= 4 is 11.6 Å². The average Bonchev–Trinajstić information content (AvgIpc) is 3.25. The Morgan fingerprint density at radius 1 is 1.14 bits per heavy atom. The maximum absolute atomic E-state index is 12.5. The molecule has 1 aliphatic carbocycles. The predicted molar refractivity (Wildman–Crippen MR) is 111 cm³/mol. The number of amides is 1. The van der Waals surface area contributed by atoms with Gasteiger partial charge in [0.2, 0.25) is 0 Å². The summed E-state index contributed by atoms with van der Waals surface area (Å²) in [6.45, 7) is 2.37. The van der Waals surface area contributed by atoms with Gasteiger partial charge < -0.3 is 15.4 Å². The molecule has 2 aromatic rings. The Hall–Kier alpha value is -3.07. The molecule has 0 spiro atoms. The molecular formula is C23H26N4O2. The minimum atomic E-state index is 0.0109. The number of rotatable bonds is 6. The molecule has 1 amide bonds. The molecule has 0 radical (unpaired) electrons. The van der Waals surface area contributed by atoms with Gasteiger partial charge in [0.25, 0.3) is 5.91 Å². The van der Waals surface area contributed by atoms with Crippen molar-refractivity contribution in [1.29, 1.82) is 5.26 Å². The number of hydrogen-bond acceptors (Lipinski definition) is 5. The van der Waals surface area contributed by atoms with Crippen molar-refractivity contribution in [3.63, 3.8) is 0 Å². The summed E-state index contributed by atoms with van der Waals surface area (Å²) < 4.78 is 5.50. The second kappa shape index (κ2) is 8.95. The highest BCUT2D eigenvalue weighted by Gasteiger charge is 2.22. The van der Waals surface area contributed by atoms with Crippen molar-refractivity contribution in [3.05, 3.63) is 53.3 Å². The molecule has 1 saturated carbocycles.